The molecule has 1 aromatic heterocycles. The van der Waals surface area contributed by atoms with E-state index in [1.807, 2.05) is 20.8 Å². The summed E-state index contributed by atoms with van der Waals surface area (Å²) < 4.78 is 0. The first kappa shape index (κ1) is 12.6. The van der Waals surface area contributed by atoms with E-state index in [9.17, 15) is 4.79 Å². The van der Waals surface area contributed by atoms with Crippen LogP contribution >= 0.6 is 0 Å². The van der Waals surface area contributed by atoms with Gasteiger partial charge in [-0.1, -0.05) is 6.92 Å². The summed E-state index contributed by atoms with van der Waals surface area (Å²) in [5.41, 5.74) is 7.50. The number of hydrogen-bond donors (Lipinski definition) is 2. The Bertz CT molecular complexity index is 378. The second kappa shape index (κ2) is 5.55. The Labute approximate surface area is 95.4 Å². The van der Waals surface area contributed by atoms with E-state index in [0.29, 0.717) is 24.2 Å². The first-order valence-electron chi connectivity index (χ1n) is 5.42. The third kappa shape index (κ3) is 3.00. The van der Waals surface area contributed by atoms with E-state index in [2.05, 4.69) is 15.5 Å². The summed E-state index contributed by atoms with van der Waals surface area (Å²) in [6.07, 6.45) is 0.688. The first-order chi connectivity index (χ1) is 7.58. The highest BCUT2D eigenvalue weighted by Gasteiger charge is 2.14. The fourth-order valence-corrected chi connectivity index (χ4v) is 1.33. The maximum Gasteiger partial charge on any atom is 0.253 e. The third-order valence-corrected chi connectivity index (χ3v) is 2.30. The molecule has 0 aromatic carbocycles. The van der Waals surface area contributed by atoms with Gasteiger partial charge >= 0.3 is 0 Å². The molecule has 1 atom stereocenters. The number of amides is 1. The van der Waals surface area contributed by atoms with Crippen molar-refractivity contribution >= 4 is 5.91 Å². The normalized spacial score (nSPS) is 12.2. The Morgan fingerprint density at radius 2 is 2.25 bits per heavy atom. The van der Waals surface area contributed by atoms with Crippen molar-refractivity contribution in [2.24, 2.45) is 5.73 Å². The summed E-state index contributed by atoms with van der Waals surface area (Å²) in [5.74, 6) is -0.132. The van der Waals surface area contributed by atoms with Gasteiger partial charge < -0.3 is 11.1 Å². The molecule has 5 heteroatoms. The summed E-state index contributed by atoms with van der Waals surface area (Å²) in [6, 6.07) is 1.72. The molecule has 1 amide bonds. The molecule has 1 heterocycles. The molecular formula is C11H18N4O. The van der Waals surface area contributed by atoms with Crippen molar-refractivity contribution in [2.45, 2.75) is 33.2 Å². The number of aryl methyl sites for hydroxylation is 2. The number of nitrogens with one attached hydrogen (secondary N) is 1. The van der Waals surface area contributed by atoms with Gasteiger partial charge in [-0.15, -0.1) is 0 Å². The second-order valence-electron chi connectivity index (χ2n) is 3.81. The van der Waals surface area contributed by atoms with Crippen molar-refractivity contribution in [2.75, 3.05) is 6.54 Å². The lowest BCUT2D eigenvalue weighted by Gasteiger charge is -2.12. The van der Waals surface area contributed by atoms with E-state index in [1.165, 1.54) is 0 Å². The van der Waals surface area contributed by atoms with Crippen LogP contribution in [0.25, 0.3) is 0 Å². The minimum absolute atomic E-state index is 0.0364. The van der Waals surface area contributed by atoms with Crippen molar-refractivity contribution in [3.05, 3.63) is 23.0 Å². The Morgan fingerprint density at radius 1 is 1.56 bits per heavy atom. The van der Waals surface area contributed by atoms with Crippen molar-refractivity contribution < 1.29 is 4.79 Å². The summed E-state index contributed by atoms with van der Waals surface area (Å²) in [7, 11) is 0. The zero-order chi connectivity index (χ0) is 12.1. The molecule has 0 spiro atoms. The molecule has 0 saturated carbocycles. The van der Waals surface area contributed by atoms with Crippen LogP contribution in [0.3, 0.4) is 0 Å². The molecule has 0 saturated heterocycles. The molecule has 0 unspecified atom stereocenters. The Morgan fingerprint density at radius 3 is 2.81 bits per heavy atom. The standard InChI is InChI=1S/C11H18N4O/c1-4-10-9(5-7(2)14-15-10)11(16)13-8(3)6-12/h5,8H,4,6,12H2,1-3H3,(H,13,16)/t8-/m1/s1. The van der Waals surface area contributed by atoms with E-state index in [4.69, 9.17) is 5.73 Å². The van der Waals surface area contributed by atoms with E-state index in [0.717, 1.165) is 5.69 Å². The lowest BCUT2D eigenvalue weighted by molar-refractivity contribution is 0.0939. The van der Waals surface area contributed by atoms with Gasteiger partial charge in [-0.3, -0.25) is 4.79 Å². The van der Waals surface area contributed by atoms with Crippen LogP contribution in [0.2, 0.25) is 0 Å². The molecule has 0 aliphatic carbocycles. The Kier molecular flexibility index (Phi) is 4.37. The largest absolute Gasteiger partial charge is 0.348 e. The number of carbonyl (C=O) groups is 1. The summed E-state index contributed by atoms with van der Waals surface area (Å²) in [4.78, 5) is 11.9. The Balaban J connectivity index is 2.93. The number of aromatic nitrogens is 2. The van der Waals surface area contributed by atoms with Gasteiger partial charge in [0.2, 0.25) is 0 Å². The molecule has 3 N–H and O–H groups in total. The molecule has 1 aromatic rings. The summed E-state index contributed by atoms with van der Waals surface area (Å²) in [5, 5.41) is 10.8. The highest BCUT2D eigenvalue weighted by Crippen LogP contribution is 2.07. The van der Waals surface area contributed by atoms with E-state index in [1.54, 1.807) is 6.07 Å². The molecule has 0 aliphatic rings. The minimum atomic E-state index is -0.132. The highest BCUT2D eigenvalue weighted by molar-refractivity contribution is 5.95. The molecule has 0 fully saturated rings. The van der Waals surface area contributed by atoms with Gasteiger partial charge in [-0.2, -0.15) is 10.2 Å². The number of nitrogens with zero attached hydrogens (tertiary/aromatic N) is 2. The molecule has 0 bridgehead atoms. The second-order valence-corrected chi connectivity index (χ2v) is 3.81. The molecular weight excluding hydrogens is 204 g/mol. The lowest BCUT2D eigenvalue weighted by atomic mass is 10.1. The van der Waals surface area contributed by atoms with Crippen molar-refractivity contribution in [1.29, 1.82) is 0 Å². The van der Waals surface area contributed by atoms with Gasteiger partial charge in [0.25, 0.3) is 5.91 Å². The quantitative estimate of drug-likeness (QED) is 0.774. The fraction of sp³-hybridized carbons (Fsp3) is 0.545. The predicted molar refractivity (Wildman–Crippen MR) is 62.1 cm³/mol. The zero-order valence-corrected chi connectivity index (χ0v) is 9.95. The lowest BCUT2D eigenvalue weighted by Crippen LogP contribution is -2.38. The zero-order valence-electron chi connectivity index (χ0n) is 9.95. The molecule has 5 nitrogen and oxygen atoms in total. The van der Waals surface area contributed by atoms with Gasteiger partial charge in [0.1, 0.15) is 0 Å². The topological polar surface area (TPSA) is 80.9 Å². The van der Waals surface area contributed by atoms with Crippen molar-refractivity contribution in [3.63, 3.8) is 0 Å². The molecule has 1 rings (SSSR count). The number of nitrogens with two attached hydrogens (primary N) is 1. The van der Waals surface area contributed by atoms with E-state index >= 15 is 0 Å². The van der Waals surface area contributed by atoms with Crippen LogP contribution in [-0.2, 0) is 6.42 Å². The third-order valence-electron chi connectivity index (χ3n) is 2.30. The van der Waals surface area contributed by atoms with Gasteiger partial charge in [0.05, 0.1) is 17.0 Å². The molecule has 0 radical (unpaired) electrons. The van der Waals surface area contributed by atoms with E-state index < -0.39 is 0 Å². The van der Waals surface area contributed by atoms with Gasteiger partial charge in [0.15, 0.2) is 0 Å². The summed E-state index contributed by atoms with van der Waals surface area (Å²) in [6.45, 7) is 6.05. The first-order valence-corrected chi connectivity index (χ1v) is 5.42. The Hall–Kier alpha value is -1.49. The fourth-order valence-electron chi connectivity index (χ4n) is 1.33. The summed E-state index contributed by atoms with van der Waals surface area (Å²) >= 11 is 0. The smallest absolute Gasteiger partial charge is 0.253 e. The van der Waals surface area contributed by atoms with E-state index in [-0.39, 0.29) is 11.9 Å². The van der Waals surface area contributed by atoms with Crippen LogP contribution in [0.1, 0.15) is 35.6 Å². The number of hydrogen-bond acceptors (Lipinski definition) is 4. The maximum atomic E-state index is 11.9. The van der Waals surface area contributed by atoms with Crippen LogP contribution in [0.5, 0.6) is 0 Å². The number of rotatable bonds is 4. The minimum Gasteiger partial charge on any atom is -0.348 e. The number of carbonyl (C=O) groups excluding carboxylic acids is 1. The molecule has 88 valence electrons. The predicted octanol–water partition coefficient (Wildman–Crippen LogP) is 0.424. The van der Waals surface area contributed by atoms with Crippen LogP contribution in [0.15, 0.2) is 6.07 Å². The average Bonchev–Trinajstić information content (AvgIpc) is 2.28. The average molecular weight is 222 g/mol. The van der Waals surface area contributed by atoms with Crippen molar-refractivity contribution in [1.82, 2.24) is 15.5 Å². The SMILES string of the molecule is CCc1nnc(C)cc1C(=O)N[C@H](C)CN. The monoisotopic (exact) mass is 222 g/mol. The van der Waals surface area contributed by atoms with Crippen LogP contribution in [-0.4, -0.2) is 28.7 Å². The highest BCUT2D eigenvalue weighted by atomic mass is 16.1. The van der Waals surface area contributed by atoms with Gasteiger partial charge in [0, 0.05) is 12.6 Å². The molecule has 0 aliphatic heterocycles. The van der Waals surface area contributed by atoms with Crippen LogP contribution in [0.4, 0.5) is 0 Å². The van der Waals surface area contributed by atoms with Crippen LogP contribution in [0, 0.1) is 6.92 Å². The van der Waals surface area contributed by atoms with Crippen molar-refractivity contribution in [3.8, 4) is 0 Å². The van der Waals surface area contributed by atoms with Gasteiger partial charge in [-0.05, 0) is 26.3 Å². The van der Waals surface area contributed by atoms with Gasteiger partial charge in [-0.25, -0.2) is 0 Å². The maximum absolute atomic E-state index is 11.9. The molecule has 16 heavy (non-hydrogen) atoms. The van der Waals surface area contributed by atoms with Crippen LogP contribution < -0.4 is 11.1 Å².